The lowest BCUT2D eigenvalue weighted by Gasteiger charge is -2.40. The van der Waals surface area contributed by atoms with Crippen molar-refractivity contribution in [1.29, 1.82) is 0 Å². The molecule has 1 aromatic rings. The van der Waals surface area contributed by atoms with Gasteiger partial charge in [-0.05, 0) is 44.7 Å². The number of nitrogens with zero attached hydrogens (tertiary/aromatic N) is 1. The van der Waals surface area contributed by atoms with Gasteiger partial charge in [0.25, 0.3) is 0 Å². The Morgan fingerprint density at radius 1 is 1.26 bits per heavy atom. The fraction of sp³-hybridized carbons (Fsp3) is 0.562. The van der Waals surface area contributed by atoms with E-state index in [-0.39, 0.29) is 11.8 Å². The summed E-state index contributed by atoms with van der Waals surface area (Å²) in [7, 11) is 0. The first-order valence-electron chi connectivity index (χ1n) is 7.04. The Morgan fingerprint density at radius 2 is 1.89 bits per heavy atom. The molecule has 0 bridgehead atoms. The van der Waals surface area contributed by atoms with Crippen LogP contribution in [0.2, 0.25) is 0 Å². The highest BCUT2D eigenvalue weighted by Gasteiger charge is 2.30. The van der Waals surface area contributed by atoms with E-state index < -0.39 is 0 Å². The van der Waals surface area contributed by atoms with E-state index in [9.17, 15) is 4.79 Å². The fourth-order valence-electron chi connectivity index (χ4n) is 2.87. The molecule has 0 saturated carbocycles. The third kappa shape index (κ3) is 3.46. The van der Waals surface area contributed by atoms with Crippen LogP contribution >= 0.6 is 15.9 Å². The molecule has 2 rings (SSSR count). The molecule has 19 heavy (non-hydrogen) atoms. The molecule has 3 atom stereocenters. The van der Waals surface area contributed by atoms with Gasteiger partial charge in [-0.2, -0.15) is 0 Å². The summed E-state index contributed by atoms with van der Waals surface area (Å²) in [6.07, 6.45) is 2.47. The van der Waals surface area contributed by atoms with Crippen molar-refractivity contribution in [3.05, 3.63) is 34.3 Å². The van der Waals surface area contributed by atoms with Crippen LogP contribution in [0.4, 0.5) is 0 Å². The number of halogens is 1. The Labute approximate surface area is 124 Å². The maximum absolute atomic E-state index is 12.6. The Morgan fingerprint density at radius 3 is 2.53 bits per heavy atom. The summed E-state index contributed by atoms with van der Waals surface area (Å²) >= 11 is 3.40. The smallest absolute Gasteiger partial charge is 0.179 e. The number of carbonyl (C=O) groups excluding carboxylic acids is 1. The van der Waals surface area contributed by atoms with Crippen molar-refractivity contribution in [2.24, 2.45) is 5.92 Å². The fourth-order valence-corrected chi connectivity index (χ4v) is 3.13. The van der Waals surface area contributed by atoms with Gasteiger partial charge in [-0.25, -0.2) is 0 Å². The van der Waals surface area contributed by atoms with Crippen LogP contribution in [0.3, 0.4) is 0 Å². The van der Waals surface area contributed by atoms with Crippen LogP contribution in [-0.4, -0.2) is 29.3 Å². The normalized spacial score (nSPS) is 26.1. The zero-order chi connectivity index (χ0) is 14.0. The van der Waals surface area contributed by atoms with Gasteiger partial charge in [0.05, 0.1) is 6.04 Å². The van der Waals surface area contributed by atoms with E-state index in [1.54, 1.807) is 0 Å². The molecule has 3 unspecified atom stereocenters. The molecule has 0 spiro atoms. The topological polar surface area (TPSA) is 20.3 Å². The van der Waals surface area contributed by atoms with Gasteiger partial charge < -0.3 is 0 Å². The van der Waals surface area contributed by atoms with E-state index in [2.05, 4.69) is 34.7 Å². The Bertz CT molecular complexity index is 443. The highest BCUT2D eigenvalue weighted by molar-refractivity contribution is 9.10. The average Bonchev–Trinajstić information content (AvgIpc) is 2.41. The summed E-state index contributed by atoms with van der Waals surface area (Å²) in [5, 5.41) is 0. The van der Waals surface area contributed by atoms with E-state index in [4.69, 9.17) is 0 Å². The van der Waals surface area contributed by atoms with Crippen LogP contribution in [0.25, 0.3) is 0 Å². The van der Waals surface area contributed by atoms with Gasteiger partial charge in [-0.1, -0.05) is 35.0 Å². The number of benzene rings is 1. The van der Waals surface area contributed by atoms with Crippen molar-refractivity contribution in [1.82, 2.24) is 4.90 Å². The first-order valence-corrected chi connectivity index (χ1v) is 7.84. The Kier molecular flexibility index (Phi) is 4.80. The van der Waals surface area contributed by atoms with Crippen LogP contribution < -0.4 is 0 Å². The molecule has 1 fully saturated rings. The number of rotatable bonds is 3. The number of likely N-dealkylation sites (tertiary alicyclic amines) is 1. The van der Waals surface area contributed by atoms with Crippen LogP contribution in [-0.2, 0) is 0 Å². The Hall–Kier alpha value is -0.670. The van der Waals surface area contributed by atoms with Crippen LogP contribution in [0.5, 0.6) is 0 Å². The quantitative estimate of drug-likeness (QED) is 0.779. The Balaban J connectivity index is 2.11. The monoisotopic (exact) mass is 323 g/mol. The van der Waals surface area contributed by atoms with Crippen molar-refractivity contribution < 1.29 is 4.79 Å². The second kappa shape index (κ2) is 6.19. The van der Waals surface area contributed by atoms with Crippen molar-refractivity contribution >= 4 is 21.7 Å². The number of hydrogen-bond acceptors (Lipinski definition) is 2. The average molecular weight is 324 g/mol. The predicted molar refractivity (Wildman–Crippen MR) is 82.5 cm³/mol. The largest absolute Gasteiger partial charge is 0.292 e. The lowest BCUT2D eigenvalue weighted by Crippen LogP contribution is -2.49. The third-order valence-corrected chi connectivity index (χ3v) is 4.70. The summed E-state index contributed by atoms with van der Waals surface area (Å²) in [6, 6.07) is 8.15. The molecular weight excluding hydrogens is 302 g/mol. The van der Waals surface area contributed by atoms with Gasteiger partial charge in [0.15, 0.2) is 5.78 Å². The number of carbonyl (C=O) groups is 1. The maximum atomic E-state index is 12.6. The van der Waals surface area contributed by atoms with Gasteiger partial charge in [-0.15, -0.1) is 0 Å². The molecule has 0 N–H and O–H groups in total. The molecule has 104 valence electrons. The molecule has 2 nitrogen and oxygen atoms in total. The van der Waals surface area contributed by atoms with Gasteiger partial charge in [0.1, 0.15) is 0 Å². The summed E-state index contributed by atoms with van der Waals surface area (Å²) in [5.74, 6) is 0.921. The van der Waals surface area contributed by atoms with Crippen molar-refractivity contribution in [2.75, 3.05) is 6.54 Å². The van der Waals surface area contributed by atoms with Crippen LogP contribution in [0.1, 0.15) is 44.0 Å². The van der Waals surface area contributed by atoms with Crippen molar-refractivity contribution in [2.45, 2.75) is 45.7 Å². The molecule has 0 aromatic heterocycles. The molecule has 1 aliphatic rings. The minimum absolute atomic E-state index is 0.0288. The number of ketones is 1. The van der Waals surface area contributed by atoms with Crippen LogP contribution in [0.15, 0.2) is 28.7 Å². The van der Waals surface area contributed by atoms with Crippen LogP contribution in [0, 0.1) is 5.92 Å². The molecule has 0 aliphatic carbocycles. The van der Waals surface area contributed by atoms with Crippen molar-refractivity contribution in [3.8, 4) is 0 Å². The summed E-state index contributed by atoms with van der Waals surface area (Å²) < 4.78 is 1.01. The standard InChI is InChI=1S/C16H22BrNO/c1-11-4-5-12(2)18(10-11)13(3)16(19)14-6-8-15(17)9-7-14/h6-9,11-13H,4-5,10H2,1-3H3. The lowest BCUT2D eigenvalue weighted by molar-refractivity contribution is 0.0607. The van der Waals surface area contributed by atoms with Crippen molar-refractivity contribution in [3.63, 3.8) is 0 Å². The third-order valence-electron chi connectivity index (χ3n) is 4.17. The number of hydrogen-bond donors (Lipinski definition) is 0. The minimum Gasteiger partial charge on any atom is -0.292 e. The zero-order valence-corrected chi connectivity index (χ0v) is 13.5. The first kappa shape index (κ1) is 14.7. The first-order chi connectivity index (χ1) is 8.99. The van der Waals surface area contributed by atoms with Gasteiger partial charge in [0.2, 0.25) is 0 Å². The molecule has 0 amide bonds. The zero-order valence-electron chi connectivity index (χ0n) is 11.9. The van der Waals surface area contributed by atoms with E-state index in [0.29, 0.717) is 12.0 Å². The molecular formula is C16H22BrNO. The van der Waals surface area contributed by atoms with Gasteiger partial charge in [0, 0.05) is 22.6 Å². The highest BCUT2D eigenvalue weighted by Crippen LogP contribution is 2.25. The molecule has 0 radical (unpaired) electrons. The molecule has 1 heterocycles. The van der Waals surface area contributed by atoms with Gasteiger partial charge in [-0.3, -0.25) is 9.69 Å². The summed E-state index contributed by atoms with van der Waals surface area (Å²) in [4.78, 5) is 14.9. The summed E-state index contributed by atoms with van der Waals surface area (Å²) in [6.45, 7) is 7.58. The highest BCUT2D eigenvalue weighted by atomic mass is 79.9. The lowest BCUT2D eigenvalue weighted by atomic mass is 9.92. The van der Waals surface area contributed by atoms with E-state index in [1.165, 1.54) is 12.8 Å². The second-order valence-electron chi connectivity index (χ2n) is 5.78. The summed E-state index contributed by atoms with van der Waals surface area (Å²) in [5.41, 5.74) is 0.807. The van der Waals surface area contributed by atoms with E-state index in [1.807, 2.05) is 31.2 Å². The SMILES string of the molecule is CC1CCC(C)N(C(C)C(=O)c2ccc(Br)cc2)C1. The van der Waals surface area contributed by atoms with E-state index in [0.717, 1.165) is 16.6 Å². The predicted octanol–water partition coefficient (Wildman–Crippen LogP) is 4.14. The number of Topliss-reactive ketones (excluding diaryl/α,β-unsaturated/α-hetero) is 1. The minimum atomic E-state index is -0.0288. The van der Waals surface area contributed by atoms with E-state index >= 15 is 0 Å². The maximum Gasteiger partial charge on any atom is 0.179 e. The molecule has 1 aliphatic heterocycles. The molecule has 3 heteroatoms. The van der Waals surface area contributed by atoms with Gasteiger partial charge >= 0.3 is 0 Å². The second-order valence-corrected chi connectivity index (χ2v) is 6.69. The molecule has 1 aromatic carbocycles. The molecule has 1 saturated heterocycles. The number of piperidine rings is 1.